The van der Waals surface area contributed by atoms with E-state index in [0.29, 0.717) is 0 Å². The van der Waals surface area contributed by atoms with Gasteiger partial charge >= 0.3 is 0 Å². The summed E-state index contributed by atoms with van der Waals surface area (Å²) in [5.41, 5.74) is 3.07. The first-order chi connectivity index (χ1) is 6.77. The monoisotopic (exact) mass is 210 g/mol. The minimum atomic E-state index is 0.906. The highest BCUT2D eigenvalue weighted by Crippen LogP contribution is 2.22. The molecule has 1 aromatic rings. The van der Waals surface area contributed by atoms with Crippen LogP contribution in [0.4, 0.5) is 0 Å². The van der Waals surface area contributed by atoms with Crippen molar-refractivity contribution >= 4 is 11.3 Å². The number of hydrogen-bond acceptors (Lipinski definition) is 1. The zero-order chi connectivity index (χ0) is 10.4. The molecule has 14 heavy (non-hydrogen) atoms. The van der Waals surface area contributed by atoms with E-state index in [-0.39, 0.29) is 0 Å². The van der Waals surface area contributed by atoms with E-state index in [1.165, 1.54) is 37.7 Å². The predicted octanol–water partition coefficient (Wildman–Crippen LogP) is 4.82. The largest absolute Gasteiger partial charge is 0.152 e. The van der Waals surface area contributed by atoms with E-state index in [0.717, 1.165) is 5.92 Å². The summed E-state index contributed by atoms with van der Waals surface area (Å²) in [4.78, 5) is 0. The molecule has 1 rings (SSSR count). The van der Waals surface area contributed by atoms with Gasteiger partial charge in [0.1, 0.15) is 0 Å². The molecule has 0 amide bonds. The van der Waals surface area contributed by atoms with E-state index in [2.05, 4.69) is 31.5 Å². The molecule has 0 N–H and O–H groups in total. The lowest BCUT2D eigenvalue weighted by Gasteiger charge is -2.13. The van der Waals surface area contributed by atoms with Crippen LogP contribution in [-0.4, -0.2) is 0 Å². The first-order valence-electron chi connectivity index (χ1n) is 5.79. The van der Waals surface area contributed by atoms with E-state index in [1.54, 1.807) is 5.56 Å². The Labute approximate surface area is 92.4 Å². The Kier molecular flexibility index (Phi) is 5.24. The molecular formula is C13H22S. The van der Waals surface area contributed by atoms with E-state index >= 15 is 0 Å². The molecule has 0 aliphatic carbocycles. The van der Waals surface area contributed by atoms with Crippen molar-refractivity contribution in [2.24, 2.45) is 5.92 Å². The lowest BCUT2D eigenvalue weighted by Crippen LogP contribution is -2.03. The smallest absolute Gasteiger partial charge is 0.00584 e. The highest BCUT2D eigenvalue weighted by Gasteiger charge is 2.08. The second kappa shape index (κ2) is 6.23. The predicted molar refractivity (Wildman–Crippen MR) is 66.1 cm³/mol. The molecule has 1 unspecified atom stereocenters. The Bertz CT molecular complexity index is 249. The molecule has 0 saturated carbocycles. The highest BCUT2D eigenvalue weighted by atomic mass is 32.1. The third-order valence-corrected chi connectivity index (χ3v) is 3.92. The molecule has 0 nitrogen and oxygen atoms in total. The molecule has 1 atom stereocenters. The summed E-state index contributed by atoms with van der Waals surface area (Å²) in [5.74, 6) is 0.906. The van der Waals surface area contributed by atoms with Crippen molar-refractivity contribution < 1.29 is 0 Å². The maximum Gasteiger partial charge on any atom is -0.00584 e. The van der Waals surface area contributed by atoms with Crippen molar-refractivity contribution in [2.45, 2.75) is 52.9 Å². The van der Waals surface area contributed by atoms with Crippen molar-refractivity contribution in [2.75, 3.05) is 0 Å². The van der Waals surface area contributed by atoms with Gasteiger partial charge in [-0.1, -0.05) is 39.5 Å². The number of unbranched alkanes of at least 4 members (excludes halogenated alkanes) is 1. The third-order valence-electron chi connectivity index (χ3n) is 3.01. The van der Waals surface area contributed by atoms with Crippen LogP contribution in [0.15, 0.2) is 10.8 Å². The van der Waals surface area contributed by atoms with Crippen LogP contribution in [0.5, 0.6) is 0 Å². The van der Waals surface area contributed by atoms with E-state index in [4.69, 9.17) is 0 Å². The van der Waals surface area contributed by atoms with Gasteiger partial charge in [-0.15, -0.1) is 0 Å². The molecule has 0 aliphatic heterocycles. The first kappa shape index (κ1) is 11.8. The maximum atomic E-state index is 2.32. The Morgan fingerprint density at radius 1 is 1.29 bits per heavy atom. The standard InChI is InChI=1S/C13H22S/c1-4-6-7-12(5-2)8-13-10-14-9-11(13)3/h9-10,12H,4-8H2,1-3H3. The van der Waals surface area contributed by atoms with Gasteiger partial charge in [0.2, 0.25) is 0 Å². The first-order valence-corrected chi connectivity index (χ1v) is 6.73. The summed E-state index contributed by atoms with van der Waals surface area (Å²) in [7, 11) is 0. The highest BCUT2D eigenvalue weighted by molar-refractivity contribution is 7.08. The van der Waals surface area contributed by atoms with Gasteiger partial charge in [0.15, 0.2) is 0 Å². The quantitative estimate of drug-likeness (QED) is 0.631. The number of thiophene rings is 1. The molecule has 0 aromatic carbocycles. The van der Waals surface area contributed by atoms with Crippen LogP contribution in [0.1, 0.15) is 50.7 Å². The van der Waals surface area contributed by atoms with Crippen LogP contribution < -0.4 is 0 Å². The summed E-state index contributed by atoms with van der Waals surface area (Å²) < 4.78 is 0. The van der Waals surface area contributed by atoms with Gasteiger partial charge in [-0.3, -0.25) is 0 Å². The summed E-state index contributed by atoms with van der Waals surface area (Å²) in [6, 6.07) is 0. The van der Waals surface area contributed by atoms with Gasteiger partial charge in [0.25, 0.3) is 0 Å². The van der Waals surface area contributed by atoms with Gasteiger partial charge in [0, 0.05) is 0 Å². The minimum Gasteiger partial charge on any atom is -0.152 e. The zero-order valence-corrected chi connectivity index (χ0v) is 10.5. The lowest BCUT2D eigenvalue weighted by atomic mass is 9.92. The molecular weight excluding hydrogens is 188 g/mol. The fourth-order valence-corrected chi connectivity index (χ4v) is 2.72. The molecule has 1 heteroatoms. The second-order valence-corrected chi connectivity index (χ2v) is 4.94. The van der Waals surface area contributed by atoms with Crippen molar-refractivity contribution in [3.8, 4) is 0 Å². The van der Waals surface area contributed by atoms with Gasteiger partial charge < -0.3 is 0 Å². The van der Waals surface area contributed by atoms with Crippen LogP contribution in [0.2, 0.25) is 0 Å². The normalized spacial score (nSPS) is 13.1. The van der Waals surface area contributed by atoms with Gasteiger partial charge in [-0.05, 0) is 41.1 Å². The second-order valence-electron chi connectivity index (χ2n) is 4.20. The molecule has 80 valence electrons. The summed E-state index contributed by atoms with van der Waals surface area (Å²) >= 11 is 1.84. The maximum absolute atomic E-state index is 2.32. The van der Waals surface area contributed by atoms with Crippen molar-refractivity contribution in [1.82, 2.24) is 0 Å². The average Bonchev–Trinajstić information content (AvgIpc) is 2.59. The van der Waals surface area contributed by atoms with E-state index < -0.39 is 0 Å². The Morgan fingerprint density at radius 2 is 2.07 bits per heavy atom. The third kappa shape index (κ3) is 3.45. The van der Waals surface area contributed by atoms with Gasteiger partial charge in [0.05, 0.1) is 0 Å². The Balaban J connectivity index is 2.44. The van der Waals surface area contributed by atoms with Crippen LogP contribution in [0, 0.1) is 12.8 Å². The fraction of sp³-hybridized carbons (Fsp3) is 0.692. The topological polar surface area (TPSA) is 0 Å². The van der Waals surface area contributed by atoms with Crippen LogP contribution >= 0.6 is 11.3 Å². The van der Waals surface area contributed by atoms with Gasteiger partial charge in [-0.2, -0.15) is 11.3 Å². The molecule has 0 bridgehead atoms. The number of rotatable bonds is 6. The summed E-state index contributed by atoms with van der Waals surface area (Å²) in [5, 5.41) is 4.59. The minimum absolute atomic E-state index is 0.906. The molecule has 0 fully saturated rings. The molecule has 0 saturated heterocycles. The van der Waals surface area contributed by atoms with Crippen LogP contribution in [0.3, 0.4) is 0 Å². The summed E-state index contributed by atoms with van der Waals surface area (Å²) in [6.45, 7) is 6.84. The number of aryl methyl sites for hydroxylation is 1. The van der Waals surface area contributed by atoms with Crippen molar-refractivity contribution in [3.05, 3.63) is 21.9 Å². The van der Waals surface area contributed by atoms with Gasteiger partial charge in [-0.25, -0.2) is 0 Å². The molecule has 0 aliphatic rings. The van der Waals surface area contributed by atoms with E-state index in [9.17, 15) is 0 Å². The fourth-order valence-electron chi connectivity index (χ4n) is 1.85. The zero-order valence-electron chi connectivity index (χ0n) is 9.68. The molecule has 1 aromatic heterocycles. The molecule has 1 heterocycles. The Morgan fingerprint density at radius 3 is 2.57 bits per heavy atom. The SMILES string of the molecule is CCCCC(CC)Cc1cscc1C. The Hall–Kier alpha value is -0.300. The van der Waals surface area contributed by atoms with Crippen LogP contribution in [-0.2, 0) is 6.42 Å². The molecule has 0 spiro atoms. The number of hydrogen-bond donors (Lipinski definition) is 0. The average molecular weight is 210 g/mol. The van der Waals surface area contributed by atoms with Crippen molar-refractivity contribution in [1.29, 1.82) is 0 Å². The van der Waals surface area contributed by atoms with Crippen LogP contribution in [0.25, 0.3) is 0 Å². The molecule has 0 radical (unpaired) electrons. The lowest BCUT2D eigenvalue weighted by molar-refractivity contribution is 0.449. The van der Waals surface area contributed by atoms with E-state index in [1.807, 2.05) is 11.3 Å². The summed E-state index contributed by atoms with van der Waals surface area (Å²) in [6.07, 6.45) is 6.75. The van der Waals surface area contributed by atoms with Crippen molar-refractivity contribution in [3.63, 3.8) is 0 Å².